The first-order valence-corrected chi connectivity index (χ1v) is 6.81. The number of carbonyl (C=O) groups excluding carboxylic acids is 1. The van der Waals surface area contributed by atoms with Crippen LogP contribution in [-0.2, 0) is 10.9 Å². The van der Waals surface area contributed by atoms with Gasteiger partial charge in [0.25, 0.3) is 5.56 Å². The summed E-state index contributed by atoms with van der Waals surface area (Å²) < 4.78 is 57.8. The lowest BCUT2D eigenvalue weighted by Gasteiger charge is -2.14. The molecular formula is C15H12F4N2O3. The van der Waals surface area contributed by atoms with Crippen molar-refractivity contribution in [1.82, 2.24) is 9.97 Å². The summed E-state index contributed by atoms with van der Waals surface area (Å²) >= 11 is 0. The van der Waals surface area contributed by atoms with Gasteiger partial charge in [0.1, 0.15) is 17.2 Å². The Balaban J connectivity index is 2.69. The molecule has 2 aromatic rings. The zero-order valence-corrected chi connectivity index (χ0v) is 12.6. The Morgan fingerprint density at radius 1 is 1.33 bits per heavy atom. The van der Waals surface area contributed by atoms with Gasteiger partial charge < -0.3 is 9.72 Å². The minimum Gasteiger partial charge on any atom is -0.462 e. The minimum absolute atomic E-state index is 0.00496. The third-order valence-corrected chi connectivity index (χ3v) is 3.14. The number of alkyl halides is 3. The summed E-state index contributed by atoms with van der Waals surface area (Å²) in [4.78, 5) is 29.5. The average molecular weight is 344 g/mol. The van der Waals surface area contributed by atoms with Crippen molar-refractivity contribution in [3.05, 3.63) is 51.2 Å². The van der Waals surface area contributed by atoms with Crippen LogP contribution in [0.5, 0.6) is 0 Å². The van der Waals surface area contributed by atoms with Gasteiger partial charge in [-0.1, -0.05) is 6.07 Å². The van der Waals surface area contributed by atoms with Gasteiger partial charge in [0, 0.05) is 0 Å². The van der Waals surface area contributed by atoms with Gasteiger partial charge >= 0.3 is 12.1 Å². The molecule has 1 N–H and O–H groups in total. The largest absolute Gasteiger partial charge is 0.462 e. The summed E-state index contributed by atoms with van der Waals surface area (Å²) in [6.07, 6.45) is -4.84. The fraction of sp³-hybridized carbons (Fsp3) is 0.267. The van der Waals surface area contributed by atoms with Crippen LogP contribution in [0.2, 0.25) is 0 Å². The van der Waals surface area contributed by atoms with Gasteiger partial charge in [-0.05, 0) is 26.0 Å². The summed E-state index contributed by atoms with van der Waals surface area (Å²) in [6.45, 7) is 2.78. The van der Waals surface area contributed by atoms with Crippen molar-refractivity contribution in [1.29, 1.82) is 0 Å². The molecule has 0 spiro atoms. The molecule has 0 atom stereocenters. The molecule has 9 heteroatoms. The topological polar surface area (TPSA) is 72.0 Å². The molecule has 0 aliphatic carbocycles. The van der Waals surface area contributed by atoms with Crippen LogP contribution >= 0.6 is 0 Å². The molecule has 1 aromatic heterocycles. The van der Waals surface area contributed by atoms with E-state index in [2.05, 4.69) is 9.72 Å². The maximum Gasteiger partial charge on any atom is 0.417 e. The third-order valence-electron chi connectivity index (χ3n) is 3.14. The predicted octanol–water partition coefficient (Wildman–Crippen LogP) is 3.08. The van der Waals surface area contributed by atoms with Crippen LogP contribution in [0.25, 0.3) is 11.4 Å². The van der Waals surface area contributed by atoms with Crippen LogP contribution in [0.15, 0.2) is 23.0 Å². The lowest BCUT2D eigenvalue weighted by atomic mass is 10.1. The van der Waals surface area contributed by atoms with E-state index in [0.717, 1.165) is 12.1 Å². The lowest BCUT2D eigenvalue weighted by molar-refractivity contribution is -0.137. The molecule has 24 heavy (non-hydrogen) atoms. The van der Waals surface area contributed by atoms with Crippen LogP contribution in [0.3, 0.4) is 0 Å². The smallest absolute Gasteiger partial charge is 0.417 e. The van der Waals surface area contributed by atoms with Crippen molar-refractivity contribution >= 4 is 5.97 Å². The highest BCUT2D eigenvalue weighted by Gasteiger charge is 2.36. The van der Waals surface area contributed by atoms with E-state index in [-0.39, 0.29) is 12.3 Å². The van der Waals surface area contributed by atoms with E-state index in [0.29, 0.717) is 6.07 Å². The number of hydrogen-bond donors (Lipinski definition) is 1. The Bertz CT molecular complexity index is 844. The van der Waals surface area contributed by atoms with Gasteiger partial charge in [0.15, 0.2) is 0 Å². The number of aromatic nitrogens is 2. The number of nitrogens with one attached hydrogen (secondary N) is 1. The molecule has 1 aromatic carbocycles. The molecule has 5 nitrogen and oxygen atoms in total. The molecule has 0 radical (unpaired) electrons. The second kappa shape index (κ2) is 6.42. The van der Waals surface area contributed by atoms with E-state index in [4.69, 9.17) is 0 Å². The van der Waals surface area contributed by atoms with E-state index in [1.807, 2.05) is 4.98 Å². The molecule has 1 heterocycles. The summed E-state index contributed by atoms with van der Waals surface area (Å²) in [5, 5.41) is 0. The number of carbonyl (C=O) groups is 1. The first-order valence-electron chi connectivity index (χ1n) is 6.81. The van der Waals surface area contributed by atoms with Gasteiger partial charge in [-0.2, -0.15) is 13.2 Å². The number of rotatable bonds is 3. The third kappa shape index (κ3) is 3.29. The van der Waals surface area contributed by atoms with Crippen LogP contribution in [0.1, 0.15) is 28.5 Å². The van der Waals surface area contributed by atoms with E-state index < -0.39 is 46.0 Å². The number of H-pyrrole nitrogens is 1. The first-order chi connectivity index (χ1) is 11.2. The SMILES string of the molecule is CCOC(=O)c1c(C)nc(-c2c(F)cccc2C(F)(F)F)[nH]c1=O. The molecule has 0 saturated carbocycles. The number of aromatic amines is 1. The average Bonchev–Trinajstić information content (AvgIpc) is 2.45. The summed E-state index contributed by atoms with van der Waals surface area (Å²) in [6, 6.07) is 2.39. The van der Waals surface area contributed by atoms with Crippen molar-refractivity contribution in [3.63, 3.8) is 0 Å². The number of aryl methyl sites for hydroxylation is 1. The second-order valence-electron chi connectivity index (χ2n) is 4.76. The van der Waals surface area contributed by atoms with Crippen LogP contribution < -0.4 is 5.56 Å². The number of halogens is 4. The Morgan fingerprint density at radius 3 is 2.54 bits per heavy atom. The Hall–Kier alpha value is -2.71. The Kier molecular flexibility index (Phi) is 4.72. The van der Waals surface area contributed by atoms with Crippen molar-refractivity contribution < 1.29 is 27.1 Å². The number of ether oxygens (including phenoxy) is 1. The molecule has 128 valence electrons. The molecule has 0 unspecified atom stereocenters. The maximum absolute atomic E-state index is 14.0. The fourth-order valence-corrected chi connectivity index (χ4v) is 2.15. The van der Waals surface area contributed by atoms with E-state index in [1.165, 1.54) is 13.8 Å². The fourth-order valence-electron chi connectivity index (χ4n) is 2.15. The highest BCUT2D eigenvalue weighted by Crippen LogP contribution is 2.37. The second-order valence-corrected chi connectivity index (χ2v) is 4.76. The number of nitrogens with zero attached hydrogens (tertiary/aromatic N) is 1. The number of esters is 1. The standard InChI is InChI=1S/C15H12F4N2O3/c1-3-24-14(23)10-7(2)20-12(21-13(10)22)11-8(15(17,18)19)5-4-6-9(11)16/h4-6H,3H2,1-2H3,(H,20,21,22). The summed E-state index contributed by atoms with van der Waals surface area (Å²) in [5.41, 5.74) is -3.78. The Morgan fingerprint density at radius 2 is 2.00 bits per heavy atom. The zero-order valence-electron chi connectivity index (χ0n) is 12.6. The molecule has 0 amide bonds. The molecule has 0 fully saturated rings. The predicted molar refractivity (Wildman–Crippen MR) is 75.9 cm³/mol. The van der Waals surface area contributed by atoms with Crippen molar-refractivity contribution in [2.24, 2.45) is 0 Å². The molecule has 0 bridgehead atoms. The first kappa shape index (κ1) is 17.6. The van der Waals surface area contributed by atoms with Gasteiger partial charge in [0.2, 0.25) is 0 Å². The van der Waals surface area contributed by atoms with Crippen LogP contribution in [-0.4, -0.2) is 22.5 Å². The maximum atomic E-state index is 14.0. The van der Waals surface area contributed by atoms with Crippen LogP contribution in [0.4, 0.5) is 17.6 Å². The van der Waals surface area contributed by atoms with Gasteiger partial charge in [0.05, 0.1) is 23.4 Å². The number of benzene rings is 1. The van der Waals surface area contributed by atoms with Gasteiger partial charge in [-0.15, -0.1) is 0 Å². The van der Waals surface area contributed by atoms with Crippen molar-refractivity contribution in [2.45, 2.75) is 20.0 Å². The van der Waals surface area contributed by atoms with E-state index in [9.17, 15) is 27.2 Å². The quantitative estimate of drug-likeness (QED) is 0.686. The van der Waals surface area contributed by atoms with Crippen molar-refractivity contribution in [3.8, 4) is 11.4 Å². The minimum atomic E-state index is -4.84. The van der Waals surface area contributed by atoms with E-state index >= 15 is 0 Å². The van der Waals surface area contributed by atoms with E-state index in [1.54, 1.807) is 0 Å². The van der Waals surface area contributed by atoms with Gasteiger partial charge in [-0.25, -0.2) is 14.2 Å². The zero-order chi connectivity index (χ0) is 18.1. The summed E-state index contributed by atoms with van der Waals surface area (Å²) in [7, 11) is 0. The Labute approximate surface area is 133 Å². The number of hydrogen-bond acceptors (Lipinski definition) is 4. The molecule has 0 aliphatic heterocycles. The van der Waals surface area contributed by atoms with Crippen LogP contribution in [0, 0.1) is 12.7 Å². The van der Waals surface area contributed by atoms with Gasteiger partial charge in [-0.3, -0.25) is 4.79 Å². The molecule has 0 aliphatic rings. The molecule has 0 saturated heterocycles. The summed E-state index contributed by atoms with van der Waals surface area (Å²) in [5.74, 6) is -2.77. The lowest BCUT2D eigenvalue weighted by Crippen LogP contribution is -2.24. The monoisotopic (exact) mass is 344 g/mol. The highest BCUT2D eigenvalue weighted by molar-refractivity contribution is 5.90. The molecular weight excluding hydrogens is 332 g/mol. The highest BCUT2D eigenvalue weighted by atomic mass is 19.4. The van der Waals surface area contributed by atoms with Crippen molar-refractivity contribution in [2.75, 3.05) is 6.61 Å². The molecule has 2 rings (SSSR count). The normalized spacial score (nSPS) is 11.4.